The minimum atomic E-state index is -0.186. The van der Waals surface area contributed by atoms with Gasteiger partial charge in [-0.05, 0) is 67.2 Å². The Balaban J connectivity index is 1.40. The second-order valence-electron chi connectivity index (χ2n) is 9.07. The van der Waals surface area contributed by atoms with Gasteiger partial charge >= 0.3 is 0 Å². The predicted molar refractivity (Wildman–Crippen MR) is 110 cm³/mol. The highest BCUT2D eigenvalue weighted by Crippen LogP contribution is 2.56. The largest absolute Gasteiger partial charge is 0.496 e. The van der Waals surface area contributed by atoms with Gasteiger partial charge in [-0.15, -0.1) is 0 Å². The van der Waals surface area contributed by atoms with Gasteiger partial charge in [-0.25, -0.2) is 0 Å². The molecule has 1 N–H and O–H groups in total. The molecule has 1 saturated heterocycles. The highest BCUT2D eigenvalue weighted by molar-refractivity contribution is 6.06. The molecule has 6 nitrogen and oxygen atoms in total. The fraction of sp³-hybridized carbons (Fsp3) is 0.609. The van der Waals surface area contributed by atoms with Crippen LogP contribution in [-0.2, 0) is 14.4 Å². The molecule has 1 aromatic rings. The molecule has 0 unspecified atom stereocenters. The number of imide groups is 1. The molecule has 2 aliphatic carbocycles. The van der Waals surface area contributed by atoms with Crippen LogP contribution in [-0.4, -0.2) is 36.3 Å². The zero-order valence-electron chi connectivity index (χ0n) is 17.7. The molecule has 0 spiro atoms. The third-order valence-corrected chi connectivity index (χ3v) is 7.05. The number of nitrogens with zero attached hydrogens (tertiary/aromatic N) is 1. The van der Waals surface area contributed by atoms with Crippen LogP contribution in [0.25, 0.3) is 0 Å². The molecule has 6 heteroatoms. The lowest BCUT2D eigenvalue weighted by molar-refractivity contribution is -0.140. The molecule has 1 aromatic carbocycles. The molecule has 2 saturated carbocycles. The Morgan fingerprint density at radius 1 is 1.17 bits per heavy atom. The monoisotopic (exact) mass is 398 g/mol. The topological polar surface area (TPSA) is 75.7 Å². The van der Waals surface area contributed by atoms with E-state index >= 15 is 0 Å². The van der Waals surface area contributed by atoms with E-state index in [1.807, 2.05) is 19.1 Å². The van der Waals surface area contributed by atoms with Crippen molar-refractivity contribution in [1.82, 2.24) is 4.90 Å². The molecule has 1 aliphatic heterocycles. The first-order valence-electron chi connectivity index (χ1n) is 10.7. The van der Waals surface area contributed by atoms with Crippen LogP contribution < -0.4 is 10.1 Å². The number of fused-ring (bicyclic) bond motifs is 5. The summed E-state index contributed by atoms with van der Waals surface area (Å²) in [5.41, 5.74) is 2.69. The first-order valence-corrected chi connectivity index (χ1v) is 10.7. The maximum absolute atomic E-state index is 12.8. The minimum Gasteiger partial charge on any atom is -0.496 e. The third-order valence-electron chi connectivity index (χ3n) is 7.05. The summed E-state index contributed by atoms with van der Waals surface area (Å²) in [6, 6.07) is 3.88. The van der Waals surface area contributed by atoms with E-state index in [1.54, 1.807) is 7.11 Å². The fourth-order valence-corrected chi connectivity index (χ4v) is 5.58. The van der Waals surface area contributed by atoms with Crippen LogP contribution in [0.5, 0.6) is 5.75 Å². The second-order valence-corrected chi connectivity index (χ2v) is 9.07. The standard InChI is InChI=1S/C23H30N2O4/c1-12(2)16-11-17(13(3)9-18(16)29-4)24-19(26)7-8-25-22(27)20-14-5-6-15(10-14)21(20)23(25)28/h9,11-12,14-15,20-21H,5-8,10H2,1-4H3,(H,24,26)/t14-,15-,20+,21+/m0/s1. The normalized spacial score (nSPS) is 27.7. The summed E-state index contributed by atoms with van der Waals surface area (Å²) in [5, 5.41) is 2.95. The molecule has 4 rings (SSSR count). The first-order chi connectivity index (χ1) is 13.8. The Hall–Kier alpha value is -2.37. The molecule has 3 fully saturated rings. The van der Waals surface area contributed by atoms with Crippen LogP contribution in [0.15, 0.2) is 12.1 Å². The lowest BCUT2D eigenvalue weighted by Crippen LogP contribution is -2.35. The van der Waals surface area contributed by atoms with E-state index < -0.39 is 0 Å². The van der Waals surface area contributed by atoms with Crippen molar-refractivity contribution in [3.63, 3.8) is 0 Å². The van der Waals surface area contributed by atoms with Crippen molar-refractivity contribution in [2.45, 2.75) is 52.4 Å². The van der Waals surface area contributed by atoms with Crippen LogP contribution in [0.4, 0.5) is 5.69 Å². The summed E-state index contributed by atoms with van der Waals surface area (Å²) in [7, 11) is 1.64. The summed E-state index contributed by atoms with van der Waals surface area (Å²) in [6.07, 6.45) is 3.27. The number of nitrogens with one attached hydrogen (secondary N) is 1. The van der Waals surface area contributed by atoms with Gasteiger partial charge < -0.3 is 10.1 Å². The molecule has 4 atom stereocenters. The number of likely N-dealkylation sites (tertiary alicyclic amines) is 1. The van der Waals surface area contributed by atoms with Crippen LogP contribution in [0.1, 0.15) is 56.6 Å². The number of rotatable bonds is 6. The average Bonchev–Trinajstić information content (AvgIpc) is 3.35. The lowest BCUT2D eigenvalue weighted by Gasteiger charge is -2.19. The number of methoxy groups -OCH3 is 1. The number of carbonyl (C=O) groups excluding carboxylic acids is 3. The number of hydrogen-bond donors (Lipinski definition) is 1. The highest BCUT2D eigenvalue weighted by atomic mass is 16.5. The van der Waals surface area contributed by atoms with Gasteiger partial charge in [0.25, 0.3) is 0 Å². The van der Waals surface area contributed by atoms with E-state index in [-0.39, 0.29) is 48.4 Å². The Bertz CT molecular complexity index is 835. The number of carbonyl (C=O) groups is 3. The van der Waals surface area contributed by atoms with Gasteiger partial charge in [0.2, 0.25) is 17.7 Å². The Labute approximate surface area is 172 Å². The zero-order valence-corrected chi connectivity index (χ0v) is 17.7. The van der Waals surface area contributed by atoms with E-state index in [0.717, 1.165) is 41.8 Å². The van der Waals surface area contributed by atoms with Gasteiger partial charge in [-0.3, -0.25) is 19.3 Å². The first kappa shape index (κ1) is 19.9. The number of hydrogen-bond acceptors (Lipinski definition) is 4. The minimum absolute atomic E-state index is 0.0530. The SMILES string of the molecule is COc1cc(C)c(NC(=O)CCN2C(=O)[C@@H]3[C@H]4CC[C@@H](C4)[C@H]3C2=O)cc1C(C)C. The van der Waals surface area contributed by atoms with Gasteiger partial charge in [0.05, 0.1) is 18.9 Å². The summed E-state index contributed by atoms with van der Waals surface area (Å²) in [6.45, 7) is 6.25. The number of amides is 3. The van der Waals surface area contributed by atoms with Crippen LogP contribution >= 0.6 is 0 Å². The van der Waals surface area contributed by atoms with Crippen molar-refractivity contribution in [3.8, 4) is 5.75 Å². The van der Waals surface area contributed by atoms with Crippen LogP contribution in [0, 0.1) is 30.6 Å². The predicted octanol–water partition coefficient (Wildman–Crippen LogP) is 3.49. The number of anilines is 1. The van der Waals surface area contributed by atoms with Crippen LogP contribution in [0.2, 0.25) is 0 Å². The van der Waals surface area contributed by atoms with Crippen molar-refractivity contribution in [1.29, 1.82) is 0 Å². The summed E-state index contributed by atoms with van der Waals surface area (Å²) in [4.78, 5) is 39.4. The molecule has 3 aliphatic rings. The van der Waals surface area contributed by atoms with E-state index in [4.69, 9.17) is 4.74 Å². The third kappa shape index (κ3) is 3.32. The van der Waals surface area contributed by atoms with E-state index in [0.29, 0.717) is 11.8 Å². The van der Waals surface area contributed by atoms with Gasteiger partial charge in [0, 0.05) is 18.7 Å². The number of aryl methyl sites for hydroxylation is 1. The summed E-state index contributed by atoms with van der Waals surface area (Å²) >= 11 is 0. The van der Waals surface area contributed by atoms with Crippen molar-refractivity contribution in [2.24, 2.45) is 23.7 Å². The average molecular weight is 399 g/mol. The molecular formula is C23H30N2O4. The van der Waals surface area contributed by atoms with Gasteiger partial charge in [0.1, 0.15) is 5.75 Å². The maximum Gasteiger partial charge on any atom is 0.233 e. The van der Waals surface area contributed by atoms with Gasteiger partial charge in [0.15, 0.2) is 0 Å². The molecule has 1 heterocycles. The van der Waals surface area contributed by atoms with Crippen molar-refractivity contribution in [3.05, 3.63) is 23.3 Å². The molecule has 2 bridgehead atoms. The molecule has 29 heavy (non-hydrogen) atoms. The zero-order chi connectivity index (χ0) is 20.9. The highest BCUT2D eigenvalue weighted by Gasteiger charge is 2.60. The molecule has 156 valence electrons. The van der Waals surface area contributed by atoms with E-state index in [1.165, 1.54) is 4.90 Å². The lowest BCUT2D eigenvalue weighted by atomic mass is 9.81. The Morgan fingerprint density at radius 3 is 2.34 bits per heavy atom. The van der Waals surface area contributed by atoms with Gasteiger partial charge in [-0.2, -0.15) is 0 Å². The smallest absolute Gasteiger partial charge is 0.233 e. The molecule has 0 radical (unpaired) electrons. The van der Waals surface area contributed by atoms with Crippen molar-refractivity contribution >= 4 is 23.4 Å². The Kier molecular flexibility index (Phi) is 5.13. The van der Waals surface area contributed by atoms with E-state index in [9.17, 15) is 14.4 Å². The van der Waals surface area contributed by atoms with E-state index in [2.05, 4.69) is 19.2 Å². The van der Waals surface area contributed by atoms with Crippen molar-refractivity contribution in [2.75, 3.05) is 19.0 Å². The molecule has 3 amide bonds. The van der Waals surface area contributed by atoms with Crippen LogP contribution in [0.3, 0.4) is 0 Å². The maximum atomic E-state index is 12.8. The Morgan fingerprint density at radius 2 is 1.79 bits per heavy atom. The summed E-state index contributed by atoms with van der Waals surface area (Å²) < 4.78 is 5.45. The second kappa shape index (κ2) is 7.47. The number of ether oxygens (including phenoxy) is 1. The molecule has 0 aromatic heterocycles. The van der Waals surface area contributed by atoms with Crippen molar-refractivity contribution < 1.29 is 19.1 Å². The quantitative estimate of drug-likeness (QED) is 0.745. The number of benzene rings is 1. The summed E-state index contributed by atoms with van der Waals surface area (Å²) in [5.74, 6) is 1.27. The fourth-order valence-electron chi connectivity index (χ4n) is 5.58. The van der Waals surface area contributed by atoms with Gasteiger partial charge in [-0.1, -0.05) is 13.8 Å². The molecular weight excluding hydrogens is 368 g/mol.